The van der Waals surface area contributed by atoms with Gasteiger partial charge in [0.2, 0.25) is 0 Å². The van der Waals surface area contributed by atoms with Gasteiger partial charge in [0.1, 0.15) is 0 Å². The monoisotopic (exact) mass is 620 g/mol. The number of nitrogens with zero attached hydrogens (tertiary/aromatic N) is 4. The van der Waals surface area contributed by atoms with E-state index in [-0.39, 0.29) is 16.7 Å². The first-order valence-electron chi connectivity index (χ1n) is 17.2. The largest absolute Gasteiger partial charge is 0.348 e. The summed E-state index contributed by atoms with van der Waals surface area (Å²) in [7, 11) is 0. The zero-order valence-electron chi connectivity index (χ0n) is 29.7. The molecule has 1 aromatic heterocycles. The van der Waals surface area contributed by atoms with Gasteiger partial charge in [0.15, 0.2) is 5.13 Å². The van der Waals surface area contributed by atoms with Gasteiger partial charge >= 0.3 is 0 Å². The molecule has 5 nitrogen and oxygen atoms in total. The summed E-state index contributed by atoms with van der Waals surface area (Å²) in [4.78, 5) is 23.1. The number of rotatable bonds is 15. The summed E-state index contributed by atoms with van der Waals surface area (Å²) in [6.45, 7) is 26.5. The van der Waals surface area contributed by atoms with Crippen LogP contribution in [0.4, 0.5) is 10.8 Å². The number of amides is 1. The fourth-order valence-corrected chi connectivity index (χ4v) is 7.11. The summed E-state index contributed by atoms with van der Waals surface area (Å²) in [5, 5.41) is 7.59. The number of aryl methyl sites for hydroxylation is 1. The van der Waals surface area contributed by atoms with Gasteiger partial charge in [-0.15, -0.1) is 0 Å². The van der Waals surface area contributed by atoms with Crippen molar-refractivity contribution in [1.29, 1.82) is 0 Å². The number of thiazole rings is 1. The maximum Gasteiger partial charge on any atom is 0.280 e. The van der Waals surface area contributed by atoms with E-state index in [1.54, 1.807) is 16.3 Å². The number of carbonyl (C=O) groups is 1. The molecule has 0 bridgehead atoms. The summed E-state index contributed by atoms with van der Waals surface area (Å²) >= 11 is 1.76. The lowest BCUT2D eigenvalue weighted by molar-refractivity contribution is -0.114. The van der Waals surface area contributed by atoms with Gasteiger partial charge in [-0.05, 0) is 49.8 Å². The third kappa shape index (κ3) is 9.28. The number of carbonyl (C=O) groups excluding carboxylic acids is 1. The minimum Gasteiger partial charge on any atom is -0.348 e. The van der Waals surface area contributed by atoms with Crippen molar-refractivity contribution in [2.45, 2.75) is 133 Å². The molecule has 0 saturated carbocycles. The van der Waals surface area contributed by atoms with Crippen molar-refractivity contribution in [3.63, 3.8) is 0 Å². The lowest BCUT2D eigenvalue weighted by atomic mass is 9.84. The highest BCUT2D eigenvalue weighted by molar-refractivity contribution is 7.16. The molecule has 2 unspecified atom stereocenters. The van der Waals surface area contributed by atoms with Crippen LogP contribution in [0.25, 0.3) is 6.08 Å². The predicted molar refractivity (Wildman–Crippen MR) is 193 cm³/mol. The van der Waals surface area contributed by atoms with Gasteiger partial charge in [0, 0.05) is 23.9 Å². The molecule has 6 heteroatoms. The van der Waals surface area contributed by atoms with Crippen LogP contribution in [0.5, 0.6) is 0 Å². The summed E-state index contributed by atoms with van der Waals surface area (Å²) in [6.07, 6.45) is 12.0. The Morgan fingerprint density at radius 3 is 1.86 bits per heavy atom. The maximum atomic E-state index is 14.0. The van der Waals surface area contributed by atoms with Crippen LogP contribution in [0, 0.1) is 24.2 Å². The van der Waals surface area contributed by atoms with Crippen molar-refractivity contribution in [3.8, 4) is 0 Å². The van der Waals surface area contributed by atoms with E-state index in [1.165, 1.54) is 51.4 Å². The number of unbranched alkanes of at least 4 members (excludes halogenated alkanes) is 2. The Labute approximate surface area is 273 Å². The van der Waals surface area contributed by atoms with Crippen LogP contribution in [0.3, 0.4) is 0 Å². The van der Waals surface area contributed by atoms with Crippen molar-refractivity contribution >= 4 is 39.9 Å². The lowest BCUT2D eigenvalue weighted by Gasteiger charge is -2.30. The first-order chi connectivity index (χ1) is 20.7. The number of benzene rings is 1. The van der Waals surface area contributed by atoms with Gasteiger partial charge < -0.3 is 4.90 Å². The third-order valence-electron chi connectivity index (χ3n) is 8.81. The molecule has 3 rings (SSSR count). The molecule has 1 aromatic carbocycles. The van der Waals surface area contributed by atoms with Crippen LogP contribution in [0.1, 0.15) is 137 Å². The van der Waals surface area contributed by atoms with E-state index in [1.807, 2.05) is 24.3 Å². The average Bonchev–Trinajstić information content (AvgIpc) is 3.54. The summed E-state index contributed by atoms with van der Waals surface area (Å²) in [5.74, 6) is 1.24. The molecule has 2 aromatic rings. The van der Waals surface area contributed by atoms with Crippen molar-refractivity contribution in [1.82, 2.24) is 4.98 Å². The molecule has 1 amide bonds. The molecule has 0 aliphatic carbocycles. The van der Waals surface area contributed by atoms with E-state index in [0.29, 0.717) is 17.4 Å². The molecule has 2 atom stereocenters. The van der Waals surface area contributed by atoms with Crippen LogP contribution in [0.2, 0.25) is 0 Å². The van der Waals surface area contributed by atoms with Gasteiger partial charge in [-0.1, -0.05) is 137 Å². The van der Waals surface area contributed by atoms with Gasteiger partial charge in [-0.2, -0.15) is 10.1 Å². The fourth-order valence-electron chi connectivity index (χ4n) is 5.87. The normalized spacial score (nSPS) is 16.5. The van der Waals surface area contributed by atoms with Crippen LogP contribution in [0.15, 0.2) is 34.9 Å². The van der Waals surface area contributed by atoms with E-state index in [9.17, 15) is 4.79 Å². The number of aromatic nitrogens is 1. The summed E-state index contributed by atoms with van der Waals surface area (Å²) < 4.78 is 0. The number of anilines is 2. The molecule has 0 spiro atoms. The van der Waals surface area contributed by atoms with E-state index in [2.05, 4.69) is 87.1 Å². The first-order valence-corrected chi connectivity index (χ1v) is 18.0. The molecule has 1 aliphatic rings. The lowest BCUT2D eigenvalue weighted by Crippen LogP contribution is -2.34. The molecular formula is C38H60N4OS. The van der Waals surface area contributed by atoms with Crippen LogP contribution >= 0.6 is 11.3 Å². The van der Waals surface area contributed by atoms with E-state index in [0.717, 1.165) is 45.8 Å². The Hall–Kier alpha value is -2.47. The predicted octanol–water partition coefficient (Wildman–Crippen LogP) is 10.8. The Morgan fingerprint density at radius 2 is 1.41 bits per heavy atom. The minimum absolute atomic E-state index is 0.0679. The minimum atomic E-state index is -0.288. The highest BCUT2D eigenvalue weighted by atomic mass is 32.1. The molecule has 0 fully saturated rings. The summed E-state index contributed by atoms with van der Waals surface area (Å²) in [6, 6.07) is 8.03. The SMILES string of the molecule is CCCCC(CC)CN(CC(CC)CCCC)c1nc(C(C)(C)C)c(/C=C2\C(=O)N(c3ccc(C)cc3)N=C2C(C)(C)C)s1. The highest BCUT2D eigenvalue weighted by Crippen LogP contribution is 2.39. The second kappa shape index (κ2) is 15.7. The van der Waals surface area contributed by atoms with Crippen molar-refractivity contribution in [3.05, 3.63) is 46.0 Å². The van der Waals surface area contributed by atoms with Gasteiger partial charge in [-0.25, -0.2) is 4.98 Å². The molecule has 44 heavy (non-hydrogen) atoms. The second-order valence-corrected chi connectivity index (χ2v) is 15.9. The first kappa shape index (κ1) is 36.0. The van der Waals surface area contributed by atoms with E-state index >= 15 is 0 Å². The molecule has 0 N–H and O–H groups in total. The zero-order valence-corrected chi connectivity index (χ0v) is 30.5. The smallest absolute Gasteiger partial charge is 0.280 e. The summed E-state index contributed by atoms with van der Waals surface area (Å²) in [5.41, 5.74) is 4.07. The molecular weight excluding hydrogens is 561 g/mol. The molecule has 0 saturated heterocycles. The van der Waals surface area contributed by atoms with Crippen molar-refractivity contribution in [2.75, 3.05) is 23.0 Å². The van der Waals surface area contributed by atoms with Crippen molar-refractivity contribution in [2.24, 2.45) is 22.4 Å². The van der Waals surface area contributed by atoms with Gasteiger partial charge in [-0.3, -0.25) is 4.79 Å². The maximum absolute atomic E-state index is 14.0. The fraction of sp³-hybridized carbons (Fsp3) is 0.658. The second-order valence-electron chi connectivity index (χ2n) is 14.9. The molecule has 1 aliphatic heterocycles. The number of hydrogen-bond donors (Lipinski definition) is 0. The van der Waals surface area contributed by atoms with Gasteiger partial charge in [0.25, 0.3) is 5.91 Å². The topological polar surface area (TPSA) is 48.8 Å². The standard InChI is InChI=1S/C38H60N4OS/c1-12-16-18-28(14-3)25-41(26-29(15-4)19-17-13-2)36-39-34(38(9,10)11)32(44-36)24-31-33(37(6,7)8)40-42(35(31)43)30-22-20-27(5)21-23-30/h20-24,28-29H,12-19,25-26H2,1-11H3/b31-24-. The quantitative estimate of drug-likeness (QED) is 0.186. The van der Waals surface area contributed by atoms with Crippen LogP contribution in [-0.4, -0.2) is 29.7 Å². The molecule has 244 valence electrons. The van der Waals surface area contributed by atoms with Crippen LogP contribution in [-0.2, 0) is 10.2 Å². The van der Waals surface area contributed by atoms with Gasteiger partial charge in [0.05, 0.1) is 27.5 Å². The van der Waals surface area contributed by atoms with E-state index in [4.69, 9.17) is 10.1 Å². The Bertz CT molecular complexity index is 1260. The zero-order chi connectivity index (χ0) is 32.7. The highest BCUT2D eigenvalue weighted by Gasteiger charge is 2.38. The van der Waals surface area contributed by atoms with E-state index < -0.39 is 0 Å². The number of hydrogen-bond acceptors (Lipinski definition) is 5. The third-order valence-corrected chi connectivity index (χ3v) is 9.87. The van der Waals surface area contributed by atoms with Crippen molar-refractivity contribution < 1.29 is 4.79 Å². The average molecular weight is 621 g/mol. The van der Waals surface area contributed by atoms with Crippen LogP contribution < -0.4 is 9.91 Å². The Kier molecular flexibility index (Phi) is 12.8. The Morgan fingerprint density at radius 1 is 0.864 bits per heavy atom. The number of hydrazone groups is 1. The Balaban J connectivity index is 2.11. The molecule has 2 heterocycles. The molecule has 0 radical (unpaired) electrons.